The van der Waals surface area contributed by atoms with Crippen LogP contribution in [-0.4, -0.2) is 32.3 Å². The highest BCUT2D eigenvalue weighted by molar-refractivity contribution is 7.98. The number of benzene rings is 1. The summed E-state index contributed by atoms with van der Waals surface area (Å²) in [5.41, 5.74) is 1.58. The highest BCUT2D eigenvalue weighted by Crippen LogP contribution is 2.17. The molecule has 0 aliphatic heterocycles. The van der Waals surface area contributed by atoms with E-state index in [0.29, 0.717) is 5.46 Å². The normalized spacial score (nSPS) is 10.4. The first-order valence-electron chi connectivity index (χ1n) is 4.69. The molecule has 16 heavy (non-hydrogen) atoms. The van der Waals surface area contributed by atoms with Crippen LogP contribution in [0.2, 0.25) is 0 Å². The van der Waals surface area contributed by atoms with Gasteiger partial charge in [0.1, 0.15) is 6.33 Å². The second-order valence-corrected chi connectivity index (χ2v) is 4.16. The quantitative estimate of drug-likeness (QED) is 0.504. The van der Waals surface area contributed by atoms with Crippen molar-refractivity contribution in [1.29, 1.82) is 0 Å². The minimum atomic E-state index is -1.41. The Morgan fingerprint density at radius 2 is 2.00 bits per heavy atom. The molecule has 2 rings (SSSR count). The van der Waals surface area contributed by atoms with Crippen molar-refractivity contribution in [3.8, 4) is 0 Å². The van der Waals surface area contributed by atoms with Gasteiger partial charge in [-0.25, -0.2) is 4.98 Å². The van der Waals surface area contributed by atoms with Gasteiger partial charge >= 0.3 is 7.12 Å². The average Bonchev–Trinajstić information content (AvgIpc) is 2.80. The van der Waals surface area contributed by atoms with Crippen LogP contribution >= 0.6 is 11.8 Å². The van der Waals surface area contributed by atoms with Crippen molar-refractivity contribution in [3.05, 3.63) is 36.2 Å². The molecule has 82 valence electrons. The molecule has 0 amide bonds. The summed E-state index contributed by atoms with van der Waals surface area (Å²) in [4.78, 5) is 3.99. The molecule has 0 spiro atoms. The molecule has 3 N–H and O–H groups in total. The van der Waals surface area contributed by atoms with Gasteiger partial charge in [-0.2, -0.15) is 5.10 Å². The molecular weight excluding hydrogens is 225 g/mol. The Bertz CT molecular complexity index is 433. The molecule has 5 nitrogen and oxygen atoms in total. The SMILES string of the molecule is OB(O)c1ccc(CSc2ncn[nH]2)cc1. The van der Waals surface area contributed by atoms with Crippen molar-refractivity contribution in [2.75, 3.05) is 0 Å². The van der Waals surface area contributed by atoms with Crippen LogP contribution in [0.25, 0.3) is 0 Å². The van der Waals surface area contributed by atoms with Crippen molar-refractivity contribution in [1.82, 2.24) is 15.2 Å². The number of aromatic nitrogens is 3. The summed E-state index contributed by atoms with van der Waals surface area (Å²) >= 11 is 1.54. The van der Waals surface area contributed by atoms with E-state index in [0.717, 1.165) is 16.5 Å². The number of aromatic amines is 1. The van der Waals surface area contributed by atoms with Crippen molar-refractivity contribution in [3.63, 3.8) is 0 Å². The van der Waals surface area contributed by atoms with E-state index in [2.05, 4.69) is 15.2 Å². The standard InChI is InChI=1S/C9H10BN3O2S/c14-10(15)8-3-1-7(2-4-8)5-16-9-11-6-12-13-9/h1-4,6,14-15H,5H2,(H,11,12,13). The second-order valence-electron chi connectivity index (χ2n) is 3.19. The molecule has 0 saturated carbocycles. The summed E-state index contributed by atoms with van der Waals surface area (Å²) in [6, 6.07) is 7.11. The molecule has 1 aromatic carbocycles. The predicted molar refractivity (Wildman–Crippen MR) is 62.2 cm³/mol. The number of thioether (sulfide) groups is 1. The molecule has 0 aliphatic rings. The molecule has 1 heterocycles. The molecule has 0 unspecified atom stereocenters. The Balaban J connectivity index is 1.95. The first-order chi connectivity index (χ1) is 7.75. The van der Waals surface area contributed by atoms with Gasteiger partial charge in [0.05, 0.1) is 0 Å². The van der Waals surface area contributed by atoms with Crippen LogP contribution in [0.5, 0.6) is 0 Å². The molecule has 7 heteroatoms. The van der Waals surface area contributed by atoms with Gasteiger partial charge in [0.25, 0.3) is 0 Å². The molecule has 0 radical (unpaired) electrons. The number of nitrogens with zero attached hydrogens (tertiary/aromatic N) is 2. The summed E-state index contributed by atoms with van der Waals surface area (Å²) in [7, 11) is -1.41. The molecule has 0 atom stereocenters. The van der Waals surface area contributed by atoms with Crippen molar-refractivity contribution in [2.45, 2.75) is 10.9 Å². The van der Waals surface area contributed by atoms with E-state index in [4.69, 9.17) is 10.0 Å². The number of nitrogens with one attached hydrogen (secondary N) is 1. The molecular formula is C9H10BN3O2S. The highest BCUT2D eigenvalue weighted by Gasteiger charge is 2.09. The van der Waals surface area contributed by atoms with Gasteiger partial charge in [-0.15, -0.1) is 0 Å². The molecule has 2 aromatic rings. The monoisotopic (exact) mass is 235 g/mol. The third-order valence-electron chi connectivity index (χ3n) is 2.05. The zero-order chi connectivity index (χ0) is 11.4. The summed E-state index contributed by atoms with van der Waals surface area (Å²) in [5, 5.41) is 25.1. The molecule has 0 saturated heterocycles. The third kappa shape index (κ3) is 2.85. The summed E-state index contributed by atoms with van der Waals surface area (Å²) in [5.74, 6) is 0.761. The van der Waals surface area contributed by atoms with E-state index in [1.807, 2.05) is 12.1 Å². The van der Waals surface area contributed by atoms with Gasteiger partial charge in [0.2, 0.25) is 0 Å². The van der Waals surface area contributed by atoms with E-state index in [1.54, 1.807) is 23.9 Å². The van der Waals surface area contributed by atoms with Crippen molar-refractivity contribution < 1.29 is 10.0 Å². The molecule has 0 aliphatic carbocycles. The lowest BCUT2D eigenvalue weighted by atomic mass is 9.80. The van der Waals surface area contributed by atoms with Crippen molar-refractivity contribution in [2.24, 2.45) is 0 Å². The highest BCUT2D eigenvalue weighted by atomic mass is 32.2. The largest absolute Gasteiger partial charge is 0.488 e. The summed E-state index contributed by atoms with van der Waals surface area (Å²) in [6.45, 7) is 0. The smallest absolute Gasteiger partial charge is 0.423 e. The summed E-state index contributed by atoms with van der Waals surface area (Å²) < 4.78 is 0. The van der Waals surface area contributed by atoms with E-state index in [-0.39, 0.29) is 0 Å². The molecule has 0 bridgehead atoms. The van der Waals surface area contributed by atoms with Gasteiger partial charge in [0, 0.05) is 5.75 Å². The van der Waals surface area contributed by atoms with E-state index in [9.17, 15) is 0 Å². The Hall–Kier alpha value is -1.31. The minimum Gasteiger partial charge on any atom is -0.423 e. The predicted octanol–water partition coefficient (Wildman–Crippen LogP) is -0.223. The van der Waals surface area contributed by atoms with Crippen LogP contribution in [0.3, 0.4) is 0 Å². The van der Waals surface area contributed by atoms with Gasteiger partial charge in [-0.05, 0) is 11.0 Å². The first-order valence-corrected chi connectivity index (χ1v) is 5.67. The second kappa shape index (κ2) is 5.15. The maximum absolute atomic E-state index is 8.92. The van der Waals surface area contributed by atoms with Crippen LogP contribution in [0.15, 0.2) is 35.7 Å². The van der Waals surface area contributed by atoms with Crippen LogP contribution in [0.1, 0.15) is 5.56 Å². The van der Waals surface area contributed by atoms with Gasteiger partial charge < -0.3 is 10.0 Å². The van der Waals surface area contributed by atoms with E-state index in [1.165, 1.54) is 6.33 Å². The molecule has 1 aromatic heterocycles. The fraction of sp³-hybridized carbons (Fsp3) is 0.111. The maximum Gasteiger partial charge on any atom is 0.488 e. The first kappa shape index (κ1) is 11.2. The Labute approximate surface area is 97.1 Å². The van der Waals surface area contributed by atoms with Gasteiger partial charge in [-0.1, -0.05) is 36.0 Å². The fourth-order valence-corrected chi connectivity index (χ4v) is 1.94. The number of rotatable bonds is 4. The Morgan fingerprint density at radius 1 is 1.25 bits per heavy atom. The zero-order valence-electron chi connectivity index (χ0n) is 8.37. The van der Waals surface area contributed by atoms with Crippen LogP contribution in [0.4, 0.5) is 0 Å². The number of H-pyrrole nitrogens is 1. The zero-order valence-corrected chi connectivity index (χ0v) is 9.18. The van der Waals surface area contributed by atoms with Crippen LogP contribution in [-0.2, 0) is 5.75 Å². The van der Waals surface area contributed by atoms with Crippen molar-refractivity contribution >= 4 is 24.3 Å². The lowest BCUT2D eigenvalue weighted by Crippen LogP contribution is -2.29. The number of hydrogen-bond acceptors (Lipinski definition) is 5. The van der Waals surface area contributed by atoms with Gasteiger partial charge in [-0.3, -0.25) is 5.10 Å². The molecule has 0 fully saturated rings. The summed E-state index contributed by atoms with van der Waals surface area (Å²) in [6.07, 6.45) is 1.47. The maximum atomic E-state index is 8.92. The average molecular weight is 235 g/mol. The number of hydrogen-bond donors (Lipinski definition) is 3. The third-order valence-corrected chi connectivity index (χ3v) is 2.99. The Morgan fingerprint density at radius 3 is 2.56 bits per heavy atom. The lowest BCUT2D eigenvalue weighted by Gasteiger charge is -2.02. The van der Waals surface area contributed by atoms with Gasteiger partial charge in [0.15, 0.2) is 5.16 Å². The van der Waals surface area contributed by atoms with Crippen LogP contribution < -0.4 is 5.46 Å². The topological polar surface area (TPSA) is 82.0 Å². The van der Waals surface area contributed by atoms with Crippen LogP contribution in [0, 0.1) is 0 Å². The van der Waals surface area contributed by atoms with E-state index < -0.39 is 7.12 Å². The fourth-order valence-electron chi connectivity index (χ4n) is 1.20. The Kier molecular flexibility index (Phi) is 3.60. The minimum absolute atomic E-state index is 0.494. The van der Waals surface area contributed by atoms with E-state index >= 15 is 0 Å². The lowest BCUT2D eigenvalue weighted by molar-refractivity contribution is 0.426.